The molecular weight excluding hydrogens is 390 g/mol. The van der Waals surface area contributed by atoms with E-state index in [9.17, 15) is 18.4 Å². The molecule has 30 heavy (non-hydrogen) atoms. The fourth-order valence-corrected chi connectivity index (χ4v) is 2.59. The van der Waals surface area contributed by atoms with Crippen molar-refractivity contribution in [2.45, 2.75) is 59.3 Å². The highest BCUT2D eigenvalue weighted by Gasteiger charge is 2.20. The van der Waals surface area contributed by atoms with Crippen LogP contribution in [0.1, 0.15) is 80.1 Å². The standard InChI is InChI=1S/C16H18F2N4O2.C6H14/c1-2-3-7-19-9-13(23)15-12(8-20-22-15)21-16(24)14-10(17)5-4-6-11(14)18;1-3-5-6-4-2/h4-6,8,19H,2-3,7,9H2,1H3,(H,20,22)(H,21,24);3-6H2,1-2H3. The molecule has 0 atom stereocenters. The highest BCUT2D eigenvalue weighted by atomic mass is 19.1. The van der Waals surface area contributed by atoms with Gasteiger partial charge < -0.3 is 10.6 Å². The Bertz CT molecular complexity index is 769. The number of aromatic amines is 1. The molecule has 8 heteroatoms. The first-order valence-corrected chi connectivity index (χ1v) is 10.5. The molecule has 0 saturated heterocycles. The van der Waals surface area contributed by atoms with E-state index in [1.54, 1.807) is 0 Å². The van der Waals surface area contributed by atoms with Gasteiger partial charge in [0.1, 0.15) is 22.9 Å². The van der Waals surface area contributed by atoms with Crippen molar-refractivity contribution in [2.75, 3.05) is 18.4 Å². The zero-order valence-electron chi connectivity index (χ0n) is 18.0. The first-order valence-electron chi connectivity index (χ1n) is 10.5. The Balaban J connectivity index is 0.000000656. The van der Waals surface area contributed by atoms with Gasteiger partial charge in [0.25, 0.3) is 5.91 Å². The monoisotopic (exact) mass is 422 g/mol. The first-order chi connectivity index (χ1) is 14.5. The van der Waals surface area contributed by atoms with E-state index in [0.717, 1.165) is 31.0 Å². The molecule has 1 aromatic heterocycles. The largest absolute Gasteiger partial charge is 0.318 e. The van der Waals surface area contributed by atoms with Crippen molar-refractivity contribution < 1.29 is 18.4 Å². The number of anilines is 1. The minimum absolute atomic E-state index is 0.0686. The molecule has 0 unspecified atom stereocenters. The Morgan fingerprint density at radius 2 is 1.60 bits per heavy atom. The quantitative estimate of drug-likeness (QED) is 0.347. The number of halogens is 2. The first kappa shape index (κ1) is 25.4. The molecule has 2 rings (SSSR count). The smallest absolute Gasteiger partial charge is 0.261 e. The van der Waals surface area contributed by atoms with Gasteiger partial charge in [-0.25, -0.2) is 8.78 Å². The molecule has 1 aromatic carbocycles. The Morgan fingerprint density at radius 3 is 2.17 bits per heavy atom. The van der Waals surface area contributed by atoms with E-state index >= 15 is 0 Å². The molecule has 166 valence electrons. The maximum Gasteiger partial charge on any atom is 0.261 e. The zero-order valence-corrected chi connectivity index (χ0v) is 18.0. The van der Waals surface area contributed by atoms with Gasteiger partial charge in [0.2, 0.25) is 0 Å². The number of benzene rings is 1. The second kappa shape index (κ2) is 14.4. The summed E-state index contributed by atoms with van der Waals surface area (Å²) in [6.07, 6.45) is 8.69. The van der Waals surface area contributed by atoms with Crippen LogP contribution in [-0.2, 0) is 0 Å². The molecule has 0 aliphatic rings. The average molecular weight is 423 g/mol. The number of nitrogens with zero attached hydrogens (tertiary/aromatic N) is 1. The zero-order chi connectivity index (χ0) is 22.4. The van der Waals surface area contributed by atoms with E-state index in [-0.39, 0.29) is 23.7 Å². The van der Waals surface area contributed by atoms with Crippen LogP contribution in [0.25, 0.3) is 0 Å². The van der Waals surface area contributed by atoms with Gasteiger partial charge in [-0.3, -0.25) is 14.7 Å². The molecule has 2 aromatic rings. The van der Waals surface area contributed by atoms with Crippen molar-refractivity contribution in [1.29, 1.82) is 0 Å². The van der Waals surface area contributed by atoms with Gasteiger partial charge in [0, 0.05) is 0 Å². The summed E-state index contributed by atoms with van der Waals surface area (Å²) in [6, 6.07) is 3.13. The summed E-state index contributed by atoms with van der Waals surface area (Å²) in [7, 11) is 0. The molecule has 6 nitrogen and oxygen atoms in total. The molecule has 0 fully saturated rings. The van der Waals surface area contributed by atoms with Crippen LogP contribution in [0.15, 0.2) is 24.4 Å². The van der Waals surface area contributed by atoms with Crippen LogP contribution in [0.5, 0.6) is 0 Å². The van der Waals surface area contributed by atoms with Crippen LogP contribution < -0.4 is 10.6 Å². The van der Waals surface area contributed by atoms with Gasteiger partial charge in [-0.15, -0.1) is 0 Å². The maximum atomic E-state index is 13.6. The third kappa shape index (κ3) is 8.41. The molecule has 0 spiro atoms. The number of hydrogen-bond donors (Lipinski definition) is 3. The normalized spacial score (nSPS) is 10.3. The number of Topliss-reactive ketones (excluding diaryl/α,β-unsaturated/α-hetero) is 1. The van der Waals surface area contributed by atoms with Crippen molar-refractivity contribution >= 4 is 17.4 Å². The van der Waals surface area contributed by atoms with Crippen molar-refractivity contribution in [3.8, 4) is 0 Å². The van der Waals surface area contributed by atoms with Gasteiger partial charge in [-0.1, -0.05) is 58.9 Å². The number of aromatic nitrogens is 2. The van der Waals surface area contributed by atoms with Crippen LogP contribution in [0.2, 0.25) is 0 Å². The number of carbonyl (C=O) groups is 2. The van der Waals surface area contributed by atoms with Gasteiger partial charge in [-0.2, -0.15) is 5.10 Å². The predicted octanol–water partition coefficient (Wildman–Crippen LogP) is 5.10. The third-order valence-corrected chi connectivity index (χ3v) is 4.31. The number of rotatable bonds is 11. The van der Waals surface area contributed by atoms with Crippen molar-refractivity contribution in [2.24, 2.45) is 0 Å². The van der Waals surface area contributed by atoms with E-state index in [2.05, 4.69) is 34.7 Å². The van der Waals surface area contributed by atoms with Gasteiger partial charge in [0.05, 0.1) is 18.4 Å². The van der Waals surface area contributed by atoms with Crippen molar-refractivity contribution in [1.82, 2.24) is 15.5 Å². The van der Waals surface area contributed by atoms with Crippen LogP contribution >= 0.6 is 0 Å². The van der Waals surface area contributed by atoms with Crippen LogP contribution in [0.4, 0.5) is 14.5 Å². The topological polar surface area (TPSA) is 86.9 Å². The SMILES string of the molecule is CCCCCC.CCCCNCC(=O)c1[nH]ncc1NC(=O)c1c(F)cccc1F. The fourth-order valence-electron chi connectivity index (χ4n) is 2.59. The van der Waals surface area contributed by atoms with E-state index in [1.807, 2.05) is 6.92 Å². The summed E-state index contributed by atoms with van der Waals surface area (Å²) in [5, 5.41) is 11.5. The van der Waals surface area contributed by atoms with Gasteiger partial charge in [0.15, 0.2) is 5.78 Å². The molecular formula is C22H32F2N4O2. The van der Waals surface area contributed by atoms with Crippen LogP contribution in [-0.4, -0.2) is 35.0 Å². The minimum Gasteiger partial charge on any atom is -0.318 e. The summed E-state index contributed by atoms with van der Waals surface area (Å²) in [5.41, 5.74) is -0.563. The molecule has 1 amide bonds. The lowest BCUT2D eigenvalue weighted by Crippen LogP contribution is -2.25. The second-order valence-electron chi connectivity index (χ2n) is 6.87. The van der Waals surface area contributed by atoms with Crippen molar-refractivity contribution in [3.63, 3.8) is 0 Å². The molecule has 0 radical (unpaired) electrons. The summed E-state index contributed by atoms with van der Waals surface area (Å²) >= 11 is 0. The number of H-pyrrole nitrogens is 1. The van der Waals surface area contributed by atoms with Crippen molar-refractivity contribution in [3.05, 3.63) is 47.3 Å². The van der Waals surface area contributed by atoms with Crippen LogP contribution in [0, 0.1) is 11.6 Å². The molecule has 0 saturated carbocycles. The molecule has 0 bridgehead atoms. The average Bonchev–Trinajstić information content (AvgIpc) is 3.18. The lowest BCUT2D eigenvalue weighted by Gasteiger charge is -2.07. The highest BCUT2D eigenvalue weighted by molar-refractivity contribution is 6.09. The van der Waals surface area contributed by atoms with Gasteiger partial charge in [-0.05, 0) is 25.1 Å². The lowest BCUT2D eigenvalue weighted by atomic mass is 10.1. The molecule has 0 aliphatic heterocycles. The summed E-state index contributed by atoms with van der Waals surface area (Å²) < 4.78 is 27.3. The Hall–Kier alpha value is -2.61. The van der Waals surface area contributed by atoms with Crippen LogP contribution in [0.3, 0.4) is 0 Å². The number of carbonyl (C=O) groups excluding carboxylic acids is 2. The molecule has 0 aliphatic carbocycles. The number of amides is 1. The van der Waals surface area contributed by atoms with E-state index in [1.165, 1.54) is 31.9 Å². The number of hydrogen-bond acceptors (Lipinski definition) is 4. The number of nitrogens with one attached hydrogen (secondary N) is 3. The minimum atomic E-state index is -0.986. The Morgan fingerprint density at radius 1 is 1.00 bits per heavy atom. The predicted molar refractivity (Wildman–Crippen MR) is 115 cm³/mol. The summed E-state index contributed by atoms with van der Waals surface area (Å²) in [5.74, 6) is -3.26. The van der Waals surface area contributed by atoms with E-state index < -0.39 is 23.1 Å². The number of ketones is 1. The maximum absolute atomic E-state index is 13.6. The van der Waals surface area contributed by atoms with Gasteiger partial charge >= 0.3 is 0 Å². The number of unbranched alkanes of at least 4 members (excludes halogenated alkanes) is 4. The third-order valence-electron chi connectivity index (χ3n) is 4.31. The Kier molecular flexibility index (Phi) is 12.2. The summed E-state index contributed by atoms with van der Waals surface area (Å²) in [6.45, 7) is 7.26. The fraction of sp³-hybridized carbons (Fsp3) is 0.500. The van der Waals surface area contributed by atoms with E-state index in [4.69, 9.17) is 0 Å². The molecule has 3 N–H and O–H groups in total. The summed E-state index contributed by atoms with van der Waals surface area (Å²) in [4.78, 5) is 24.2. The second-order valence-corrected chi connectivity index (χ2v) is 6.87. The lowest BCUT2D eigenvalue weighted by molar-refractivity contribution is 0.0987. The Labute approximate surface area is 176 Å². The molecule has 1 heterocycles. The van der Waals surface area contributed by atoms with E-state index in [0.29, 0.717) is 6.54 Å². The highest BCUT2D eigenvalue weighted by Crippen LogP contribution is 2.17.